The summed E-state index contributed by atoms with van der Waals surface area (Å²) in [5.74, 6) is 0. The number of unbranched alkanes of at least 4 members (excludes halogenated alkanes) is 1. The molecule has 0 saturated carbocycles. The first-order valence-corrected chi connectivity index (χ1v) is 5.30. The van der Waals surface area contributed by atoms with Gasteiger partial charge in [-0.25, -0.2) is 0 Å². The van der Waals surface area contributed by atoms with Gasteiger partial charge in [0.1, 0.15) is 0 Å². The summed E-state index contributed by atoms with van der Waals surface area (Å²) < 4.78 is 0. The zero-order valence-corrected chi connectivity index (χ0v) is 10.9. The van der Waals surface area contributed by atoms with Gasteiger partial charge in [-0.05, 0) is 35.8 Å². The van der Waals surface area contributed by atoms with Gasteiger partial charge < -0.3 is 24.0 Å². The van der Waals surface area contributed by atoms with Crippen molar-refractivity contribution in [3.8, 4) is 0 Å². The van der Waals surface area contributed by atoms with Crippen LogP contribution in [0.3, 0.4) is 0 Å². The van der Waals surface area contributed by atoms with E-state index in [0.29, 0.717) is 13.7 Å². The van der Waals surface area contributed by atoms with Gasteiger partial charge in [-0.1, -0.05) is 13.3 Å². The van der Waals surface area contributed by atoms with E-state index in [2.05, 4.69) is 27.7 Å². The van der Waals surface area contributed by atoms with Crippen molar-refractivity contribution in [1.29, 1.82) is 0 Å². The molecular formula is C8H20IP. The van der Waals surface area contributed by atoms with Crippen LogP contribution in [0.2, 0.25) is 0 Å². The maximum atomic E-state index is 2.35. The zero-order chi connectivity index (χ0) is 7.33. The smallest absolute Gasteiger partial charge is 0.0670 e. The summed E-state index contributed by atoms with van der Waals surface area (Å²) in [6, 6.07) is 0. The molecule has 2 heteroatoms. The third-order valence-electron chi connectivity index (χ3n) is 1.31. The van der Waals surface area contributed by atoms with Crippen LogP contribution in [0, 0.1) is 0 Å². The Balaban J connectivity index is 0. The second-order valence-corrected chi connectivity index (χ2v) is 6.43. The lowest BCUT2D eigenvalue weighted by atomic mass is 10.3. The molecule has 0 saturated heterocycles. The first-order chi connectivity index (χ1) is 4.06. The lowest BCUT2D eigenvalue weighted by Crippen LogP contribution is -3.00. The number of rotatable bonds is 3. The molecule has 0 bridgehead atoms. The van der Waals surface area contributed by atoms with Crippen LogP contribution >= 0.6 is 8.58 Å². The highest BCUT2D eigenvalue weighted by molar-refractivity contribution is 7.39. The molecule has 0 spiro atoms. The average molecular weight is 274 g/mol. The summed E-state index contributed by atoms with van der Waals surface area (Å²) >= 11 is 0. The lowest BCUT2D eigenvalue weighted by molar-refractivity contribution is -0.00000235. The van der Waals surface area contributed by atoms with E-state index in [0.717, 1.165) is 0 Å². The molecule has 1 unspecified atom stereocenters. The Labute approximate surface area is 84.4 Å². The molecule has 0 aliphatic carbocycles. The lowest BCUT2D eigenvalue weighted by Gasteiger charge is -2.09. The number of hydrogen-bond acceptors (Lipinski definition) is 0. The highest BCUT2D eigenvalue weighted by Gasteiger charge is 2.14. The fourth-order valence-corrected chi connectivity index (χ4v) is 2.22. The normalized spacial score (nSPS) is 12.0. The Bertz CT molecular complexity index is 66.1. The van der Waals surface area contributed by atoms with Gasteiger partial charge in [0.15, 0.2) is 0 Å². The van der Waals surface area contributed by atoms with Crippen molar-refractivity contribution in [2.45, 2.75) is 45.7 Å². The van der Waals surface area contributed by atoms with Gasteiger partial charge in [0.05, 0.1) is 11.3 Å². The van der Waals surface area contributed by atoms with Crippen molar-refractivity contribution >= 4 is 8.58 Å². The van der Waals surface area contributed by atoms with E-state index in [-0.39, 0.29) is 24.0 Å². The number of halogens is 1. The van der Waals surface area contributed by atoms with Crippen molar-refractivity contribution in [1.82, 2.24) is 0 Å². The second-order valence-electron chi connectivity index (χ2n) is 3.71. The molecule has 64 valence electrons. The van der Waals surface area contributed by atoms with E-state index in [1.807, 2.05) is 0 Å². The van der Waals surface area contributed by atoms with E-state index in [1.54, 1.807) is 0 Å². The van der Waals surface area contributed by atoms with Gasteiger partial charge in [-0.15, -0.1) is 0 Å². The minimum atomic E-state index is 0. The summed E-state index contributed by atoms with van der Waals surface area (Å²) in [5, 5.41) is 0.634. The third-order valence-corrected chi connectivity index (χ3v) is 3.24. The maximum absolute atomic E-state index is 2.35. The van der Waals surface area contributed by atoms with Gasteiger partial charge in [-0.2, -0.15) is 0 Å². The molecule has 0 heterocycles. The van der Waals surface area contributed by atoms with Crippen LogP contribution in [0.1, 0.15) is 40.5 Å². The van der Waals surface area contributed by atoms with E-state index >= 15 is 0 Å². The average Bonchev–Trinajstić information content (AvgIpc) is 1.63. The van der Waals surface area contributed by atoms with Crippen LogP contribution in [0.25, 0.3) is 0 Å². The summed E-state index contributed by atoms with van der Waals surface area (Å²) in [6.07, 6.45) is 4.29. The van der Waals surface area contributed by atoms with Gasteiger partial charge in [-0.3, -0.25) is 0 Å². The van der Waals surface area contributed by atoms with E-state index in [1.165, 1.54) is 19.0 Å². The standard InChI is InChI=1S/C8H19P.HI/c1-5-6-7-9-8(2,3)4;/h9H,5-7H2,1-4H3;1H. The SMILES string of the molecule is CCCC[PH2+]C(C)(C)C.[I-]. The van der Waals surface area contributed by atoms with Crippen LogP contribution in [-0.4, -0.2) is 11.3 Å². The highest BCUT2D eigenvalue weighted by atomic mass is 127. The van der Waals surface area contributed by atoms with Crippen LogP contribution in [0.15, 0.2) is 0 Å². The van der Waals surface area contributed by atoms with Crippen molar-refractivity contribution in [2.75, 3.05) is 6.16 Å². The third kappa shape index (κ3) is 11.9. The van der Waals surface area contributed by atoms with Crippen LogP contribution in [0.4, 0.5) is 0 Å². The largest absolute Gasteiger partial charge is 1.00 e. The Morgan fingerprint density at radius 2 is 1.70 bits per heavy atom. The van der Waals surface area contributed by atoms with Gasteiger partial charge in [0.2, 0.25) is 0 Å². The molecule has 10 heavy (non-hydrogen) atoms. The second kappa shape index (κ2) is 6.84. The monoisotopic (exact) mass is 274 g/mol. The highest BCUT2D eigenvalue weighted by Crippen LogP contribution is 2.30. The molecule has 0 N–H and O–H groups in total. The van der Waals surface area contributed by atoms with Crippen LogP contribution < -0.4 is 24.0 Å². The van der Waals surface area contributed by atoms with Crippen molar-refractivity contribution < 1.29 is 24.0 Å². The van der Waals surface area contributed by atoms with E-state index in [9.17, 15) is 0 Å². The molecule has 0 aliphatic rings. The molecule has 0 aliphatic heterocycles. The Kier molecular flexibility index (Phi) is 9.40. The minimum Gasteiger partial charge on any atom is -1.00 e. The van der Waals surface area contributed by atoms with E-state index < -0.39 is 0 Å². The van der Waals surface area contributed by atoms with Crippen molar-refractivity contribution in [3.63, 3.8) is 0 Å². The van der Waals surface area contributed by atoms with Crippen molar-refractivity contribution in [3.05, 3.63) is 0 Å². The fraction of sp³-hybridized carbons (Fsp3) is 1.00. The Hall–Kier alpha value is 1.16. The first kappa shape index (κ1) is 13.7. The molecule has 0 aromatic heterocycles. The van der Waals surface area contributed by atoms with E-state index in [4.69, 9.17) is 0 Å². The summed E-state index contributed by atoms with van der Waals surface area (Å²) in [4.78, 5) is 0. The number of hydrogen-bond donors (Lipinski definition) is 0. The van der Waals surface area contributed by atoms with Crippen molar-refractivity contribution in [2.24, 2.45) is 0 Å². The molecule has 0 aromatic rings. The summed E-state index contributed by atoms with van der Waals surface area (Å²) in [5.41, 5.74) is 0. The predicted molar refractivity (Wildman–Crippen MR) is 49.2 cm³/mol. The zero-order valence-electron chi connectivity index (χ0n) is 7.58. The van der Waals surface area contributed by atoms with Crippen LogP contribution in [-0.2, 0) is 0 Å². The molecule has 0 nitrogen and oxygen atoms in total. The fourth-order valence-electron chi connectivity index (χ4n) is 0.739. The summed E-state index contributed by atoms with van der Waals surface area (Å²) in [6.45, 7) is 9.30. The van der Waals surface area contributed by atoms with Gasteiger partial charge >= 0.3 is 0 Å². The molecule has 0 amide bonds. The maximum Gasteiger partial charge on any atom is 0.0670 e. The molecule has 0 rings (SSSR count). The predicted octanol–water partition coefficient (Wildman–Crippen LogP) is -0.000200. The molecular weight excluding hydrogens is 254 g/mol. The van der Waals surface area contributed by atoms with Gasteiger partial charge in [0, 0.05) is 0 Å². The minimum absolute atomic E-state index is 0. The van der Waals surface area contributed by atoms with Crippen LogP contribution in [0.5, 0.6) is 0 Å². The first-order valence-electron chi connectivity index (χ1n) is 3.90. The quantitative estimate of drug-likeness (QED) is 0.386. The molecule has 0 radical (unpaired) electrons. The molecule has 0 fully saturated rings. The van der Waals surface area contributed by atoms with Gasteiger partial charge in [0.25, 0.3) is 0 Å². The Morgan fingerprint density at radius 1 is 1.20 bits per heavy atom. The topological polar surface area (TPSA) is 0 Å². The molecule has 1 atom stereocenters. The molecule has 0 aromatic carbocycles. The summed E-state index contributed by atoms with van der Waals surface area (Å²) in [7, 11) is 0.694. The Morgan fingerprint density at radius 3 is 2.00 bits per heavy atom.